The Morgan fingerprint density at radius 2 is 1.78 bits per heavy atom. The van der Waals surface area contributed by atoms with Crippen molar-refractivity contribution in [3.63, 3.8) is 0 Å². The molecule has 4 nitrogen and oxygen atoms in total. The van der Waals surface area contributed by atoms with Crippen LogP contribution in [-0.2, 0) is 14.3 Å². The van der Waals surface area contributed by atoms with Crippen molar-refractivity contribution in [3.05, 3.63) is 65.2 Å². The molecule has 1 amide bonds. The lowest BCUT2D eigenvalue weighted by Gasteiger charge is -2.20. The minimum absolute atomic E-state index is 0.299. The summed E-state index contributed by atoms with van der Waals surface area (Å²) in [6.07, 6.45) is 3.93. The van der Waals surface area contributed by atoms with Crippen molar-refractivity contribution in [1.82, 2.24) is 0 Å². The third-order valence-electron chi connectivity index (χ3n) is 5.17. The van der Waals surface area contributed by atoms with Gasteiger partial charge in [-0.3, -0.25) is 9.59 Å². The Kier molecular flexibility index (Phi) is 6.28. The number of anilines is 1. The number of amides is 1. The van der Waals surface area contributed by atoms with Gasteiger partial charge in [0.15, 0.2) is 0 Å². The molecule has 1 aliphatic carbocycles. The average molecular weight is 365 g/mol. The molecule has 0 aliphatic heterocycles. The van der Waals surface area contributed by atoms with Crippen LogP contribution in [0.4, 0.5) is 5.69 Å². The lowest BCUT2D eigenvalue weighted by molar-refractivity contribution is -0.155. The smallest absolute Gasteiger partial charge is 0.307 e. The summed E-state index contributed by atoms with van der Waals surface area (Å²) in [5, 5.41) is 2.93. The fraction of sp³-hybridized carbons (Fsp3) is 0.391. The van der Waals surface area contributed by atoms with Gasteiger partial charge in [0.1, 0.15) is 0 Å². The van der Waals surface area contributed by atoms with Gasteiger partial charge in [0.2, 0.25) is 6.10 Å². The average Bonchev–Trinajstić information content (AvgIpc) is 3.16. The maximum atomic E-state index is 13.0. The van der Waals surface area contributed by atoms with Crippen LogP contribution in [0.1, 0.15) is 54.9 Å². The van der Waals surface area contributed by atoms with Gasteiger partial charge in [-0.2, -0.15) is 0 Å². The first-order chi connectivity index (χ1) is 13.0. The number of nitrogens with one attached hydrogen (secondary N) is 1. The Morgan fingerprint density at radius 3 is 2.48 bits per heavy atom. The second kappa shape index (κ2) is 8.85. The highest BCUT2D eigenvalue weighted by atomic mass is 16.5. The maximum absolute atomic E-state index is 13.0. The van der Waals surface area contributed by atoms with Crippen molar-refractivity contribution < 1.29 is 14.3 Å². The van der Waals surface area contributed by atoms with Crippen molar-refractivity contribution in [2.45, 2.75) is 52.1 Å². The van der Waals surface area contributed by atoms with E-state index in [2.05, 4.69) is 5.32 Å². The number of esters is 1. The summed E-state index contributed by atoms with van der Waals surface area (Å²) in [6.45, 7) is 3.92. The molecule has 0 bridgehead atoms. The van der Waals surface area contributed by atoms with Gasteiger partial charge in [0.25, 0.3) is 5.91 Å². The Labute approximate surface area is 160 Å². The van der Waals surface area contributed by atoms with Gasteiger partial charge in [-0.25, -0.2) is 0 Å². The summed E-state index contributed by atoms with van der Waals surface area (Å²) in [5.41, 5.74) is 3.45. The molecule has 0 spiro atoms. The molecule has 0 radical (unpaired) electrons. The van der Waals surface area contributed by atoms with Crippen LogP contribution in [0.3, 0.4) is 0 Å². The van der Waals surface area contributed by atoms with Gasteiger partial charge in [-0.1, -0.05) is 55.3 Å². The van der Waals surface area contributed by atoms with Gasteiger partial charge in [-0.15, -0.1) is 0 Å². The zero-order valence-electron chi connectivity index (χ0n) is 16.0. The van der Waals surface area contributed by atoms with E-state index in [1.807, 2.05) is 62.4 Å². The number of hydrogen-bond donors (Lipinski definition) is 1. The first kappa shape index (κ1) is 19.2. The standard InChI is InChI=1S/C23H27NO3/c1-16-12-13-17(2)20(14-16)24-23(26)22(19-10-4-3-5-11-19)27-21(25)15-18-8-6-7-9-18/h3-5,10-14,18,22H,6-9,15H2,1-2H3,(H,24,26)/t22-/m1/s1. The van der Waals surface area contributed by atoms with Gasteiger partial charge in [0.05, 0.1) is 0 Å². The van der Waals surface area contributed by atoms with Crippen LogP contribution in [-0.4, -0.2) is 11.9 Å². The minimum atomic E-state index is -0.944. The summed E-state index contributed by atoms with van der Waals surface area (Å²) in [7, 11) is 0. The van der Waals surface area contributed by atoms with Crippen LogP contribution >= 0.6 is 0 Å². The van der Waals surface area contributed by atoms with Crippen LogP contribution < -0.4 is 5.32 Å². The Hall–Kier alpha value is -2.62. The summed E-state index contributed by atoms with van der Waals surface area (Å²) >= 11 is 0. The van der Waals surface area contributed by atoms with Gasteiger partial charge >= 0.3 is 5.97 Å². The molecule has 3 rings (SSSR count). The summed E-state index contributed by atoms with van der Waals surface area (Å²) in [4.78, 5) is 25.4. The van der Waals surface area contributed by atoms with Crippen LogP contribution in [0.2, 0.25) is 0 Å². The maximum Gasteiger partial charge on any atom is 0.307 e. The lowest BCUT2D eigenvalue weighted by atomic mass is 10.0. The molecular formula is C23H27NO3. The summed E-state index contributed by atoms with van der Waals surface area (Å²) in [6, 6.07) is 15.1. The highest BCUT2D eigenvalue weighted by Gasteiger charge is 2.27. The molecule has 1 N–H and O–H groups in total. The SMILES string of the molecule is Cc1ccc(C)c(NC(=O)[C@H](OC(=O)CC2CCCC2)c2ccccc2)c1. The molecule has 27 heavy (non-hydrogen) atoms. The van der Waals surface area contributed by atoms with E-state index in [1.54, 1.807) is 0 Å². The third-order valence-corrected chi connectivity index (χ3v) is 5.17. The zero-order chi connectivity index (χ0) is 19.2. The molecule has 0 heterocycles. The quantitative estimate of drug-likeness (QED) is 0.724. The predicted molar refractivity (Wildman–Crippen MR) is 106 cm³/mol. The minimum Gasteiger partial charge on any atom is -0.447 e. The van der Waals surface area contributed by atoms with E-state index >= 15 is 0 Å². The molecule has 4 heteroatoms. The van der Waals surface area contributed by atoms with E-state index in [0.29, 0.717) is 17.9 Å². The third kappa shape index (κ3) is 5.19. The Bertz CT molecular complexity index is 795. The topological polar surface area (TPSA) is 55.4 Å². The molecule has 1 aliphatic rings. The number of carbonyl (C=O) groups excluding carboxylic acids is 2. The summed E-state index contributed by atoms with van der Waals surface area (Å²) in [5.74, 6) is -0.238. The number of carbonyl (C=O) groups is 2. The molecule has 0 saturated heterocycles. The molecule has 1 fully saturated rings. The molecule has 0 aromatic heterocycles. The fourth-order valence-corrected chi connectivity index (χ4v) is 3.60. The van der Waals surface area contributed by atoms with Gasteiger partial charge in [-0.05, 0) is 49.8 Å². The molecule has 1 atom stereocenters. The van der Waals surface area contributed by atoms with Crippen molar-refractivity contribution in [2.24, 2.45) is 5.92 Å². The second-order valence-electron chi connectivity index (χ2n) is 7.44. The molecular weight excluding hydrogens is 338 g/mol. The Balaban J connectivity index is 1.75. The van der Waals surface area contributed by atoms with E-state index in [0.717, 1.165) is 29.7 Å². The number of rotatable bonds is 6. The molecule has 142 valence electrons. The lowest BCUT2D eigenvalue weighted by Crippen LogP contribution is -2.26. The Morgan fingerprint density at radius 1 is 1.07 bits per heavy atom. The molecule has 1 saturated carbocycles. The van der Waals surface area contributed by atoms with Crippen molar-refractivity contribution in [1.29, 1.82) is 0 Å². The number of hydrogen-bond acceptors (Lipinski definition) is 3. The van der Waals surface area contributed by atoms with E-state index in [1.165, 1.54) is 12.8 Å². The largest absolute Gasteiger partial charge is 0.447 e. The highest BCUT2D eigenvalue weighted by molar-refractivity contribution is 5.96. The van der Waals surface area contributed by atoms with Crippen LogP contribution in [0.25, 0.3) is 0 Å². The van der Waals surface area contributed by atoms with Crippen LogP contribution in [0, 0.1) is 19.8 Å². The fourth-order valence-electron chi connectivity index (χ4n) is 3.60. The monoisotopic (exact) mass is 365 g/mol. The van der Waals surface area contributed by atoms with E-state index in [9.17, 15) is 9.59 Å². The van der Waals surface area contributed by atoms with Crippen LogP contribution in [0.5, 0.6) is 0 Å². The van der Waals surface area contributed by atoms with Gasteiger partial charge < -0.3 is 10.1 Å². The van der Waals surface area contributed by atoms with Crippen molar-refractivity contribution in [3.8, 4) is 0 Å². The summed E-state index contributed by atoms with van der Waals surface area (Å²) < 4.78 is 5.65. The number of ether oxygens (including phenoxy) is 1. The number of benzene rings is 2. The molecule has 0 unspecified atom stereocenters. The van der Waals surface area contributed by atoms with E-state index in [4.69, 9.17) is 4.74 Å². The van der Waals surface area contributed by atoms with Gasteiger partial charge in [0, 0.05) is 17.7 Å². The van der Waals surface area contributed by atoms with Crippen molar-refractivity contribution >= 4 is 17.6 Å². The first-order valence-electron chi connectivity index (χ1n) is 9.65. The first-order valence-corrected chi connectivity index (χ1v) is 9.65. The molecule has 2 aromatic rings. The molecule has 2 aromatic carbocycles. The second-order valence-corrected chi connectivity index (χ2v) is 7.44. The van der Waals surface area contributed by atoms with E-state index < -0.39 is 6.10 Å². The van der Waals surface area contributed by atoms with Crippen molar-refractivity contribution in [2.75, 3.05) is 5.32 Å². The predicted octanol–water partition coefficient (Wildman–Crippen LogP) is 5.11. The highest BCUT2D eigenvalue weighted by Crippen LogP contribution is 2.29. The van der Waals surface area contributed by atoms with Crippen LogP contribution in [0.15, 0.2) is 48.5 Å². The van der Waals surface area contributed by atoms with E-state index in [-0.39, 0.29) is 11.9 Å². The number of aryl methyl sites for hydroxylation is 2. The normalized spacial score (nSPS) is 15.3. The zero-order valence-corrected chi connectivity index (χ0v) is 16.0.